The molecule has 0 amide bonds. The number of alkyl halides is 3. The minimum atomic E-state index is -4.60. The van der Waals surface area contributed by atoms with E-state index in [1.165, 1.54) is 4.57 Å². The summed E-state index contributed by atoms with van der Waals surface area (Å²) in [7, 11) is -0.701. The van der Waals surface area contributed by atoms with E-state index in [2.05, 4.69) is 4.40 Å². The second kappa shape index (κ2) is 11.5. The average molecular weight is 633 g/mol. The van der Waals surface area contributed by atoms with Crippen molar-refractivity contribution in [2.45, 2.75) is 30.0 Å². The smallest absolute Gasteiger partial charge is 0.377 e. The van der Waals surface area contributed by atoms with E-state index in [0.29, 0.717) is 10.7 Å². The number of pyridine rings is 1. The van der Waals surface area contributed by atoms with Gasteiger partial charge >= 0.3 is 22.2 Å². The van der Waals surface area contributed by atoms with Gasteiger partial charge < -0.3 is 4.90 Å². The van der Waals surface area contributed by atoms with E-state index in [1.54, 1.807) is 53.0 Å². The van der Waals surface area contributed by atoms with Crippen LogP contribution in [0.1, 0.15) is 28.8 Å². The Hall–Kier alpha value is -3.74. The fourth-order valence-corrected chi connectivity index (χ4v) is 6.63. The molecule has 2 aromatic carbocycles. The van der Waals surface area contributed by atoms with E-state index in [-0.39, 0.29) is 22.8 Å². The van der Waals surface area contributed by atoms with Gasteiger partial charge in [0.1, 0.15) is 10.9 Å². The number of sulfonamides is 1. The Kier molecular flexibility index (Phi) is 8.15. The number of rotatable bonds is 5. The molecule has 0 N–H and O–H groups in total. The standard InChI is InChI=1S/C29H26ClF3N5O2S2/c1-19-26(25-5-4-18-41-25)27(20-6-10-22(30)11-7-20)34-38(19)28(37-16-14-23(15-17-37)36(2)3)35-42(39,40)24-12-8-21(9-13-24)29(31,32)33/h4-19,26H,1-3H3/q+1/b35-28-/t19-,26-/m1/s1. The van der Waals surface area contributed by atoms with Crippen molar-refractivity contribution < 1.29 is 26.2 Å². The Morgan fingerprint density at radius 2 is 1.67 bits per heavy atom. The highest BCUT2D eigenvalue weighted by Gasteiger charge is 2.45. The summed E-state index contributed by atoms with van der Waals surface area (Å²) >= 11 is 7.70. The molecule has 13 heteroatoms. The van der Waals surface area contributed by atoms with Crippen LogP contribution in [0.15, 0.2) is 105 Å². The van der Waals surface area contributed by atoms with Gasteiger partial charge in [0.05, 0.1) is 29.6 Å². The summed E-state index contributed by atoms with van der Waals surface area (Å²) in [5, 5.41) is 8.98. The molecule has 0 spiro atoms. The second-order valence-corrected chi connectivity index (χ2v) is 12.8. The molecular weight excluding hydrogens is 607 g/mol. The van der Waals surface area contributed by atoms with E-state index in [0.717, 1.165) is 40.4 Å². The number of aromatic nitrogens is 1. The Balaban J connectivity index is 1.66. The maximum Gasteiger partial charge on any atom is 0.435 e. The molecule has 0 aliphatic carbocycles. The molecule has 218 valence electrons. The molecule has 0 fully saturated rings. The number of nitrogens with zero attached hydrogens (tertiary/aromatic N) is 5. The van der Waals surface area contributed by atoms with E-state index < -0.39 is 21.8 Å². The van der Waals surface area contributed by atoms with Crippen LogP contribution in [0.4, 0.5) is 18.9 Å². The number of hydrazone groups is 1. The molecule has 0 unspecified atom stereocenters. The van der Waals surface area contributed by atoms with Gasteiger partial charge in [0.25, 0.3) is 0 Å². The summed E-state index contributed by atoms with van der Waals surface area (Å²) in [5.41, 5.74) is 1.42. The maximum atomic E-state index is 13.5. The lowest BCUT2D eigenvalue weighted by molar-refractivity contribution is -0.565. The van der Waals surface area contributed by atoms with Crippen molar-refractivity contribution in [2.24, 2.45) is 9.50 Å². The van der Waals surface area contributed by atoms with Gasteiger partial charge in [-0.25, -0.2) is 4.57 Å². The monoisotopic (exact) mass is 632 g/mol. The Bertz CT molecular complexity index is 1720. The van der Waals surface area contributed by atoms with Crippen LogP contribution >= 0.6 is 22.9 Å². The van der Waals surface area contributed by atoms with Crippen LogP contribution in [-0.4, -0.2) is 45.2 Å². The Morgan fingerprint density at radius 1 is 1.02 bits per heavy atom. The third-order valence-corrected chi connectivity index (χ3v) is 9.29. The first kappa shape index (κ1) is 29.7. The minimum absolute atomic E-state index is 0.0294. The second-order valence-electron chi connectivity index (χ2n) is 9.82. The molecule has 0 saturated carbocycles. The Labute approximate surface area is 250 Å². The first-order chi connectivity index (χ1) is 19.8. The van der Waals surface area contributed by atoms with Crippen LogP contribution in [-0.2, 0) is 16.2 Å². The molecule has 7 nitrogen and oxygen atoms in total. The zero-order valence-corrected chi connectivity index (χ0v) is 25.1. The van der Waals surface area contributed by atoms with Crippen LogP contribution < -0.4 is 9.47 Å². The van der Waals surface area contributed by atoms with Gasteiger partial charge in [-0.2, -0.15) is 21.6 Å². The van der Waals surface area contributed by atoms with E-state index in [1.807, 2.05) is 55.6 Å². The lowest BCUT2D eigenvalue weighted by Gasteiger charge is -2.20. The largest absolute Gasteiger partial charge is 0.435 e. The van der Waals surface area contributed by atoms with Gasteiger partial charge in [-0.3, -0.25) is 0 Å². The topological polar surface area (TPSA) is 69.2 Å². The summed E-state index contributed by atoms with van der Waals surface area (Å²) in [6.07, 6.45) is -1.27. The van der Waals surface area contributed by atoms with Crippen LogP contribution in [0.3, 0.4) is 0 Å². The van der Waals surface area contributed by atoms with Gasteiger partial charge in [-0.1, -0.05) is 29.8 Å². The van der Waals surface area contributed by atoms with Crippen molar-refractivity contribution in [3.63, 3.8) is 0 Å². The first-order valence-corrected chi connectivity index (χ1v) is 15.4. The lowest BCUT2D eigenvalue weighted by atomic mass is 9.90. The van der Waals surface area contributed by atoms with Gasteiger partial charge in [0.15, 0.2) is 0 Å². The third-order valence-electron chi connectivity index (χ3n) is 6.81. The highest BCUT2D eigenvalue weighted by atomic mass is 35.5. The highest BCUT2D eigenvalue weighted by Crippen LogP contribution is 2.37. The zero-order valence-electron chi connectivity index (χ0n) is 22.7. The van der Waals surface area contributed by atoms with E-state index in [9.17, 15) is 21.6 Å². The lowest BCUT2D eigenvalue weighted by Crippen LogP contribution is -2.53. The van der Waals surface area contributed by atoms with Crippen LogP contribution in [0.5, 0.6) is 0 Å². The van der Waals surface area contributed by atoms with Crippen molar-refractivity contribution in [3.05, 3.63) is 112 Å². The number of anilines is 1. The van der Waals surface area contributed by atoms with Crippen LogP contribution in [0.25, 0.3) is 0 Å². The molecule has 0 saturated heterocycles. The molecule has 0 bridgehead atoms. The number of thiophene rings is 1. The molecule has 3 heterocycles. The van der Waals surface area contributed by atoms with E-state index >= 15 is 0 Å². The van der Waals surface area contributed by atoms with Gasteiger partial charge in [-0.15, -0.1) is 21.4 Å². The van der Waals surface area contributed by atoms with Crippen molar-refractivity contribution in [1.29, 1.82) is 0 Å². The average Bonchev–Trinajstić information content (AvgIpc) is 3.60. The van der Waals surface area contributed by atoms with Crippen molar-refractivity contribution in [1.82, 2.24) is 5.01 Å². The third kappa shape index (κ3) is 6.06. The minimum Gasteiger partial charge on any atom is -0.377 e. The number of hydrogen-bond donors (Lipinski definition) is 0. The van der Waals surface area contributed by atoms with Crippen LogP contribution in [0, 0.1) is 0 Å². The van der Waals surface area contributed by atoms with Gasteiger partial charge in [-0.05, 0) is 72.5 Å². The summed E-state index contributed by atoms with van der Waals surface area (Å²) < 4.78 is 72.1. The van der Waals surface area contributed by atoms with Crippen molar-refractivity contribution in [3.8, 4) is 0 Å². The molecular formula is C29H26ClF3N5O2S2+. The molecule has 5 rings (SSSR count). The van der Waals surface area contributed by atoms with E-state index in [4.69, 9.17) is 16.7 Å². The molecule has 1 aliphatic heterocycles. The normalized spacial score (nSPS) is 17.8. The predicted molar refractivity (Wildman–Crippen MR) is 159 cm³/mol. The molecule has 42 heavy (non-hydrogen) atoms. The summed E-state index contributed by atoms with van der Waals surface area (Å²) in [6.45, 7) is 1.92. The van der Waals surface area contributed by atoms with Crippen LogP contribution in [0.2, 0.25) is 5.02 Å². The fourth-order valence-electron chi connectivity index (χ4n) is 4.60. The predicted octanol–water partition coefficient (Wildman–Crippen LogP) is 6.26. The van der Waals surface area contributed by atoms with Crippen molar-refractivity contribution >= 4 is 50.3 Å². The quantitative estimate of drug-likeness (QED) is 0.148. The van der Waals surface area contributed by atoms with Gasteiger partial charge in [0, 0.05) is 34.1 Å². The molecule has 0 radical (unpaired) electrons. The molecule has 2 atom stereocenters. The molecule has 2 aromatic heterocycles. The number of benzene rings is 2. The highest BCUT2D eigenvalue weighted by molar-refractivity contribution is 7.90. The Morgan fingerprint density at radius 3 is 2.21 bits per heavy atom. The first-order valence-electron chi connectivity index (χ1n) is 12.7. The number of hydrogen-bond acceptors (Lipinski definition) is 5. The van der Waals surface area contributed by atoms with Gasteiger partial charge in [0.2, 0.25) is 0 Å². The fraction of sp³-hybridized carbons (Fsp3) is 0.207. The summed E-state index contributed by atoms with van der Waals surface area (Å²) in [6, 6.07) is 17.6. The summed E-state index contributed by atoms with van der Waals surface area (Å²) in [5.74, 6) is -0.259. The summed E-state index contributed by atoms with van der Waals surface area (Å²) in [4.78, 5) is 2.54. The molecule has 4 aromatic rings. The zero-order chi connectivity index (χ0) is 30.2. The molecule has 1 aliphatic rings. The van der Waals surface area contributed by atoms with Crippen molar-refractivity contribution in [2.75, 3.05) is 19.0 Å². The number of halogens is 4. The maximum absolute atomic E-state index is 13.5. The SMILES string of the molecule is C[C@@H]1[C@H](c2cccs2)C(c2ccc(Cl)cc2)=NN1/C(=N\S(=O)(=O)c1ccc(C(F)(F)F)cc1)[n+]1ccc(N(C)C)cc1.